The molecule has 3 aromatic heterocycles. The second kappa shape index (κ2) is 5.73. The van der Waals surface area contributed by atoms with Gasteiger partial charge >= 0.3 is 0 Å². The maximum Gasteiger partial charge on any atom is 0.168 e. The van der Waals surface area contributed by atoms with E-state index in [1.54, 1.807) is 34.7 Å². The zero-order chi connectivity index (χ0) is 15.8. The summed E-state index contributed by atoms with van der Waals surface area (Å²) in [5.74, 6) is 1.10. The maximum atomic E-state index is 12.5. The van der Waals surface area contributed by atoms with Gasteiger partial charge in [0.25, 0.3) is 0 Å². The highest BCUT2D eigenvalue weighted by atomic mass is 32.1. The van der Waals surface area contributed by atoms with Gasteiger partial charge in [-0.3, -0.25) is 9.48 Å². The Labute approximate surface area is 137 Å². The summed E-state index contributed by atoms with van der Waals surface area (Å²) < 4.78 is 1.67. The van der Waals surface area contributed by atoms with Gasteiger partial charge in [-0.15, -0.1) is 11.3 Å². The van der Waals surface area contributed by atoms with Gasteiger partial charge in [0, 0.05) is 32.3 Å². The number of ketones is 1. The van der Waals surface area contributed by atoms with Gasteiger partial charge < -0.3 is 4.90 Å². The molecule has 7 heteroatoms. The fourth-order valence-electron chi connectivity index (χ4n) is 3.23. The molecule has 1 fully saturated rings. The first-order valence-electron chi connectivity index (χ1n) is 7.69. The number of thiophene rings is 1. The fraction of sp³-hybridized carbons (Fsp3) is 0.375. The molecule has 1 unspecified atom stereocenters. The zero-order valence-electron chi connectivity index (χ0n) is 12.8. The SMILES string of the molecule is Cn1cc(C(=O)CC2CCCN2c2ncnc3sccc23)cn1. The highest BCUT2D eigenvalue weighted by molar-refractivity contribution is 7.16. The monoisotopic (exact) mass is 327 g/mol. The van der Waals surface area contributed by atoms with Crippen molar-refractivity contribution in [2.75, 3.05) is 11.4 Å². The fourth-order valence-corrected chi connectivity index (χ4v) is 3.96. The van der Waals surface area contributed by atoms with E-state index in [-0.39, 0.29) is 11.8 Å². The first kappa shape index (κ1) is 14.3. The second-order valence-corrected chi connectivity index (χ2v) is 6.75. The van der Waals surface area contributed by atoms with Crippen LogP contribution >= 0.6 is 11.3 Å². The molecule has 1 aliphatic rings. The molecule has 0 N–H and O–H groups in total. The highest BCUT2D eigenvalue weighted by Crippen LogP contribution is 2.33. The van der Waals surface area contributed by atoms with Crippen LogP contribution in [0.4, 0.5) is 5.82 Å². The average Bonchev–Trinajstić information content (AvgIpc) is 3.26. The normalized spacial score (nSPS) is 18.0. The largest absolute Gasteiger partial charge is 0.353 e. The topological polar surface area (TPSA) is 63.9 Å². The summed E-state index contributed by atoms with van der Waals surface area (Å²) in [5, 5.41) is 7.20. The molecule has 0 aromatic carbocycles. The number of hydrogen-bond acceptors (Lipinski definition) is 6. The first-order valence-corrected chi connectivity index (χ1v) is 8.57. The second-order valence-electron chi connectivity index (χ2n) is 5.86. The van der Waals surface area contributed by atoms with Crippen molar-refractivity contribution in [1.82, 2.24) is 19.7 Å². The number of nitrogens with zero attached hydrogens (tertiary/aromatic N) is 5. The summed E-state index contributed by atoms with van der Waals surface area (Å²) in [6.07, 6.45) is 7.64. The van der Waals surface area contributed by atoms with Crippen molar-refractivity contribution in [2.24, 2.45) is 7.05 Å². The van der Waals surface area contributed by atoms with E-state index in [0.717, 1.165) is 35.4 Å². The van der Waals surface area contributed by atoms with E-state index in [1.807, 2.05) is 12.4 Å². The smallest absolute Gasteiger partial charge is 0.168 e. The van der Waals surface area contributed by atoms with Crippen molar-refractivity contribution in [1.29, 1.82) is 0 Å². The number of Topliss-reactive ketones (excluding diaryl/α,β-unsaturated/α-hetero) is 1. The van der Waals surface area contributed by atoms with E-state index in [2.05, 4.69) is 26.0 Å². The molecule has 0 aliphatic carbocycles. The number of fused-ring (bicyclic) bond motifs is 1. The van der Waals surface area contributed by atoms with Crippen LogP contribution in [0.1, 0.15) is 29.6 Å². The van der Waals surface area contributed by atoms with Gasteiger partial charge in [0.15, 0.2) is 5.78 Å². The molecular formula is C16H17N5OS. The van der Waals surface area contributed by atoms with Crippen LogP contribution in [0.5, 0.6) is 0 Å². The van der Waals surface area contributed by atoms with Crippen molar-refractivity contribution in [3.05, 3.63) is 35.7 Å². The Morgan fingerprint density at radius 2 is 2.35 bits per heavy atom. The minimum absolute atomic E-state index is 0.144. The minimum atomic E-state index is 0.144. The van der Waals surface area contributed by atoms with Crippen molar-refractivity contribution < 1.29 is 4.79 Å². The van der Waals surface area contributed by atoms with Crippen LogP contribution in [0.15, 0.2) is 30.2 Å². The molecule has 0 radical (unpaired) electrons. The molecule has 4 rings (SSSR count). The number of aromatic nitrogens is 4. The molecule has 4 heterocycles. The Bertz CT molecular complexity index is 855. The van der Waals surface area contributed by atoms with Gasteiger partial charge in [-0.1, -0.05) is 0 Å². The van der Waals surface area contributed by atoms with Gasteiger partial charge in [0.1, 0.15) is 17.0 Å². The van der Waals surface area contributed by atoms with Gasteiger partial charge in [-0.25, -0.2) is 9.97 Å². The van der Waals surface area contributed by atoms with Crippen molar-refractivity contribution >= 4 is 33.2 Å². The van der Waals surface area contributed by atoms with Crippen molar-refractivity contribution in [3.63, 3.8) is 0 Å². The summed E-state index contributed by atoms with van der Waals surface area (Å²) in [6.45, 7) is 0.937. The Kier molecular flexibility index (Phi) is 3.57. The summed E-state index contributed by atoms with van der Waals surface area (Å²) >= 11 is 1.62. The predicted octanol–water partition coefficient (Wildman–Crippen LogP) is 2.67. The van der Waals surface area contributed by atoms with Crippen LogP contribution in [0.2, 0.25) is 0 Å². The Balaban J connectivity index is 1.59. The standard InChI is InChI=1S/C16H17N5OS/c1-20-9-11(8-19-20)14(22)7-12-3-2-5-21(12)15-13-4-6-23-16(13)18-10-17-15/h4,6,8-10,12H,2-3,5,7H2,1H3. The Morgan fingerprint density at radius 3 is 3.17 bits per heavy atom. The molecule has 1 atom stereocenters. The summed E-state index contributed by atoms with van der Waals surface area (Å²) in [7, 11) is 1.83. The Hall–Kier alpha value is -2.28. The highest BCUT2D eigenvalue weighted by Gasteiger charge is 2.29. The lowest BCUT2D eigenvalue weighted by atomic mass is 10.0. The molecule has 3 aromatic rings. The van der Waals surface area contributed by atoms with E-state index >= 15 is 0 Å². The third-order valence-electron chi connectivity index (χ3n) is 4.34. The van der Waals surface area contributed by atoms with Gasteiger partial charge in [0.2, 0.25) is 0 Å². The molecule has 0 saturated carbocycles. The molecule has 0 spiro atoms. The van der Waals surface area contributed by atoms with E-state index in [9.17, 15) is 4.79 Å². The molecule has 0 amide bonds. The molecule has 1 aliphatic heterocycles. The number of rotatable bonds is 4. The molecule has 0 bridgehead atoms. The lowest BCUT2D eigenvalue weighted by molar-refractivity contribution is 0.0974. The number of anilines is 1. The van der Waals surface area contributed by atoms with E-state index in [4.69, 9.17) is 0 Å². The lowest BCUT2D eigenvalue weighted by Gasteiger charge is -2.25. The number of hydrogen-bond donors (Lipinski definition) is 0. The van der Waals surface area contributed by atoms with E-state index in [0.29, 0.717) is 12.0 Å². The van der Waals surface area contributed by atoms with Crippen molar-refractivity contribution in [3.8, 4) is 0 Å². The van der Waals surface area contributed by atoms with Crippen LogP contribution in [0.25, 0.3) is 10.2 Å². The van der Waals surface area contributed by atoms with Crippen LogP contribution in [0.3, 0.4) is 0 Å². The quantitative estimate of drug-likeness (QED) is 0.689. The predicted molar refractivity (Wildman–Crippen MR) is 89.9 cm³/mol. The third kappa shape index (κ3) is 2.61. The molecule has 1 saturated heterocycles. The molecular weight excluding hydrogens is 310 g/mol. The Morgan fingerprint density at radius 1 is 1.43 bits per heavy atom. The van der Waals surface area contributed by atoms with E-state index in [1.165, 1.54) is 0 Å². The lowest BCUT2D eigenvalue weighted by Crippen LogP contribution is -2.32. The third-order valence-corrected chi connectivity index (χ3v) is 5.16. The summed E-state index contributed by atoms with van der Waals surface area (Å²) in [4.78, 5) is 24.6. The van der Waals surface area contributed by atoms with Gasteiger partial charge in [-0.2, -0.15) is 5.10 Å². The number of aryl methyl sites for hydroxylation is 1. The molecule has 23 heavy (non-hydrogen) atoms. The first-order chi connectivity index (χ1) is 11.2. The van der Waals surface area contributed by atoms with Gasteiger partial charge in [-0.05, 0) is 24.3 Å². The van der Waals surface area contributed by atoms with Crippen molar-refractivity contribution in [2.45, 2.75) is 25.3 Å². The van der Waals surface area contributed by atoms with Crippen LogP contribution < -0.4 is 4.90 Å². The maximum absolute atomic E-state index is 12.5. The summed E-state index contributed by atoms with van der Waals surface area (Å²) in [6, 6.07) is 2.26. The van der Waals surface area contributed by atoms with E-state index < -0.39 is 0 Å². The summed E-state index contributed by atoms with van der Waals surface area (Å²) in [5.41, 5.74) is 0.683. The number of carbonyl (C=O) groups excluding carboxylic acids is 1. The molecule has 118 valence electrons. The van der Waals surface area contributed by atoms with Crippen LogP contribution in [-0.4, -0.2) is 38.1 Å². The van der Waals surface area contributed by atoms with Gasteiger partial charge in [0.05, 0.1) is 17.1 Å². The van der Waals surface area contributed by atoms with Crippen LogP contribution in [0, 0.1) is 0 Å². The molecule has 6 nitrogen and oxygen atoms in total. The average molecular weight is 327 g/mol. The minimum Gasteiger partial charge on any atom is -0.353 e. The zero-order valence-corrected chi connectivity index (χ0v) is 13.7. The van der Waals surface area contributed by atoms with Crippen LogP contribution in [-0.2, 0) is 7.05 Å². The number of carbonyl (C=O) groups is 1.